The van der Waals surface area contributed by atoms with Crippen LogP contribution in [-0.4, -0.2) is 17.6 Å². The summed E-state index contributed by atoms with van der Waals surface area (Å²) in [5.74, 6) is -1.15. The molecule has 7 heteroatoms. The first-order chi connectivity index (χ1) is 13.9. The van der Waals surface area contributed by atoms with Crippen molar-refractivity contribution < 1.29 is 13.6 Å². The van der Waals surface area contributed by atoms with Crippen LogP contribution in [0.1, 0.15) is 40.5 Å². The van der Waals surface area contributed by atoms with Crippen molar-refractivity contribution in [2.24, 2.45) is 5.92 Å². The zero-order valence-corrected chi connectivity index (χ0v) is 16.1. The molecule has 1 aliphatic rings. The number of rotatable bonds is 5. The lowest BCUT2D eigenvalue weighted by atomic mass is 9.99. The van der Waals surface area contributed by atoms with E-state index < -0.39 is 17.3 Å². The fourth-order valence-corrected chi connectivity index (χ4v) is 3.86. The van der Waals surface area contributed by atoms with E-state index in [9.17, 15) is 18.4 Å². The third kappa shape index (κ3) is 3.37. The van der Waals surface area contributed by atoms with Gasteiger partial charge in [0, 0.05) is 12.4 Å². The topological polar surface area (TPSA) is 63.1 Å². The van der Waals surface area contributed by atoms with Crippen LogP contribution in [-0.2, 0) is 0 Å². The summed E-state index contributed by atoms with van der Waals surface area (Å²) in [5.41, 5.74) is 3.62. The molecule has 150 valence electrons. The van der Waals surface area contributed by atoms with Gasteiger partial charge in [-0.1, -0.05) is 24.3 Å². The van der Waals surface area contributed by atoms with E-state index in [2.05, 4.69) is 10.7 Å². The van der Waals surface area contributed by atoms with Crippen molar-refractivity contribution in [3.8, 4) is 0 Å². The Morgan fingerprint density at radius 2 is 1.83 bits per heavy atom. The molecule has 1 fully saturated rings. The molecule has 0 radical (unpaired) electrons. The van der Waals surface area contributed by atoms with E-state index in [0.717, 1.165) is 18.4 Å². The summed E-state index contributed by atoms with van der Waals surface area (Å²) < 4.78 is 28.9. The Bertz CT molecular complexity index is 1150. The number of hydrogen-bond donors (Lipinski definition) is 2. The zero-order chi connectivity index (χ0) is 20.7. The van der Waals surface area contributed by atoms with Crippen molar-refractivity contribution in [2.45, 2.75) is 25.8 Å². The summed E-state index contributed by atoms with van der Waals surface area (Å²) in [5, 5.41) is 3.16. The lowest BCUT2D eigenvalue weighted by molar-refractivity contribution is 0.0932. The number of aromatic nitrogens is 1. The van der Waals surface area contributed by atoms with Gasteiger partial charge in [0.25, 0.3) is 11.5 Å². The second-order valence-corrected chi connectivity index (χ2v) is 7.33. The second kappa shape index (κ2) is 7.31. The van der Waals surface area contributed by atoms with Crippen LogP contribution in [0.5, 0.6) is 0 Å². The molecule has 5 nitrogen and oxygen atoms in total. The molecule has 1 amide bonds. The second-order valence-electron chi connectivity index (χ2n) is 7.33. The molecule has 0 aliphatic heterocycles. The highest BCUT2D eigenvalue weighted by molar-refractivity contribution is 6.08. The first kappa shape index (κ1) is 19.1. The van der Waals surface area contributed by atoms with Gasteiger partial charge >= 0.3 is 0 Å². The summed E-state index contributed by atoms with van der Waals surface area (Å²) in [4.78, 5) is 26.0. The van der Waals surface area contributed by atoms with Gasteiger partial charge in [-0.05, 0) is 49.4 Å². The van der Waals surface area contributed by atoms with E-state index in [4.69, 9.17) is 0 Å². The molecule has 2 N–H and O–H groups in total. The van der Waals surface area contributed by atoms with Crippen LogP contribution < -0.4 is 16.3 Å². The summed E-state index contributed by atoms with van der Waals surface area (Å²) in [6, 6.07) is 10.0. The van der Waals surface area contributed by atoms with Crippen molar-refractivity contribution >= 4 is 16.7 Å². The Balaban J connectivity index is 1.81. The van der Waals surface area contributed by atoms with E-state index in [1.54, 1.807) is 25.1 Å². The first-order valence-electron chi connectivity index (χ1n) is 9.50. The van der Waals surface area contributed by atoms with E-state index in [1.165, 1.54) is 36.0 Å². The molecule has 3 aromatic rings. The molecular formula is C22H21F2N3O2. The normalized spacial score (nSPS) is 14.6. The molecule has 1 aromatic heterocycles. The average molecular weight is 397 g/mol. The minimum Gasteiger partial charge on any atom is -0.345 e. The molecule has 1 atom stereocenters. The summed E-state index contributed by atoms with van der Waals surface area (Å²) in [6.07, 6.45) is 1.93. The largest absolute Gasteiger partial charge is 0.345 e. The highest BCUT2D eigenvalue weighted by Crippen LogP contribution is 2.41. The monoisotopic (exact) mass is 397 g/mol. The Hall–Kier alpha value is -3.22. The highest BCUT2D eigenvalue weighted by Gasteiger charge is 2.34. The van der Waals surface area contributed by atoms with Gasteiger partial charge in [0.2, 0.25) is 0 Å². The van der Waals surface area contributed by atoms with E-state index in [1.807, 2.05) is 0 Å². The first-order valence-corrected chi connectivity index (χ1v) is 9.50. The van der Waals surface area contributed by atoms with Gasteiger partial charge in [0.1, 0.15) is 11.6 Å². The molecule has 1 unspecified atom stereocenters. The minimum absolute atomic E-state index is 0.137. The number of carbonyl (C=O) groups excluding carboxylic acids is 1. The number of fused-ring (bicyclic) bond motifs is 1. The van der Waals surface area contributed by atoms with Gasteiger partial charge in [-0.15, -0.1) is 0 Å². The smallest absolute Gasteiger partial charge is 0.279 e. The quantitative estimate of drug-likeness (QED) is 0.691. The molecular weight excluding hydrogens is 376 g/mol. The number of pyridine rings is 1. The lowest BCUT2D eigenvalue weighted by Crippen LogP contribution is -2.35. The van der Waals surface area contributed by atoms with Crippen LogP contribution in [0.2, 0.25) is 0 Å². The van der Waals surface area contributed by atoms with Crippen LogP contribution in [0, 0.1) is 24.5 Å². The fourth-order valence-electron chi connectivity index (χ4n) is 3.86. The number of amides is 1. The molecule has 1 aliphatic carbocycles. The zero-order valence-electron chi connectivity index (χ0n) is 16.1. The average Bonchev–Trinajstić information content (AvgIpc) is 3.52. The standard InChI is InChI=1S/C22H21F2N3O2/c1-12-18(16-4-3-5-17(24)19(16)22(29)27(12)25-2)21(28)26-20(13-6-7-13)14-8-10-15(23)11-9-14/h3-5,8-11,13,20,25H,6-7H2,1-2H3,(H,26,28). The lowest BCUT2D eigenvalue weighted by Gasteiger charge is -2.22. The number of hydrogen-bond acceptors (Lipinski definition) is 3. The number of nitrogens with one attached hydrogen (secondary N) is 2. The molecule has 2 aromatic carbocycles. The van der Waals surface area contributed by atoms with Crippen molar-refractivity contribution in [1.29, 1.82) is 0 Å². The molecule has 4 rings (SSSR count). The summed E-state index contributed by atoms with van der Waals surface area (Å²) >= 11 is 0. The van der Waals surface area contributed by atoms with E-state index in [-0.39, 0.29) is 34.1 Å². The fraction of sp³-hybridized carbons (Fsp3) is 0.273. The van der Waals surface area contributed by atoms with Crippen molar-refractivity contribution in [3.63, 3.8) is 0 Å². The van der Waals surface area contributed by atoms with Crippen LogP contribution >= 0.6 is 0 Å². The Kier molecular flexibility index (Phi) is 4.82. The van der Waals surface area contributed by atoms with Crippen LogP contribution in [0.25, 0.3) is 10.8 Å². The molecule has 0 saturated heterocycles. The van der Waals surface area contributed by atoms with Gasteiger partial charge in [-0.3, -0.25) is 9.59 Å². The van der Waals surface area contributed by atoms with Gasteiger partial charge < -0.3 is 10.7 Å². The van der Waals surface area contributed by atoms with Crippen molar-refractivity contribution in [2.75, 3.05) is 12.5 Å². The van der Waals surface area contributed by atoms with Gasteiger partial charge in [-0.25, -0.2) is 13.5 Å². The third-order valence-corrected chi connectivity index (χ3v) is 5.46. The van der Waals surface area contributed by atoms with Crippen LogP contribution in [0.15, 0.2) is 47.3 Å². The van der Waals surface area contributed by atoms with Crippen molar-refractivity contribution in [3.05, 3.63) is 81.3 Å². The summed E-state index contributed by atoms with van der Waals surface area (Å²) in [6.45, 7) is 1.64. The molecule has 29 heavy (non-hydrogen) atoms. The van der Waals surface area contributed by atoms with Crippen LogP contribution in [0.3, 0.4) is 0 Å². The predicted octanol–water partition coefficient (Wildman–Crippen LogP) is 3.64. The number of nitrogens with zero attached hydrogens (tertiary/aromatic N) is 1. The Labute approximate surface area is 166 Å². The maximum Gasteiger partial charge on any atom is 0.279 e. The number of benzene rings is 2. The Morgan fingerprint density at radius 1 is 1.14 bits per heavy atom. The SMILES string of the molecule is CNn1c(C)c(C(=O)NC(c2ccc(F)cc2)C2CC2)c2cccc(F)c2c1=O. The van der Waals surface area contributed by atoms with Gasteiger partial charge in [0.05, 0.1) is 22.7 Å². The molecule has 1 saturated carbocycles. The van der Waals surface area contributed by atoms with E-state index in [0.29, 0.717) is 5.69 Å². The highest BCUT2D eigenvalue weighted by atomic mass is 19.1. The van der Waals surface area contributed by atoms with E-state index >= 15 is 0 Å². The molecule has 0 bridgehead atoms. The minimum atomic E-state index is -0.678. The maximum absolute atomic E-state index is 14.4. The molecule has 1 heterocycles. The Morgan fingerprint density at radius 3 is 2.45 bits per heavy atom. The maximum atomic E-state index is 14.4. The van der Waals surface area contributed by atoms with Crippen molar-refractivity contribution in [1.82, 2.24) is 9.99 Å². The van der Waals surface area contributed by atoms with Gasteiger partial charge in [0.15, 0.2) is 0 Å². The third-order valence-electron chi connectivity index (χ3n) is 5.46. The number of halogens is 2. The predicted molar refractivity (Wildman–Crippen MR) is 108 cm³/mol. The number of carbonyl (C=O) groups is 1. The van der Waals surface area contributed by atoms with Crippen LogP contribution in [0.4, 0.5) is 8.78 Å². The molecule has 0 spiro atoms. The van der Waals surface area contributed by atoms with Gasteiger partial charge in [-0.2, -0.15) is 0 Å². The summed E-state index contributed by atoms with van der Waals surface area (Å²) in [7, 11) is 1.54.